The molecule has 19 heavy (non-hydrogen) atoms. The molecule has 2 N–H and O–H groups in total. The molecule has 0 amide bonds. The lowest BCUT2D eigenvalue weighted by molar-refractivity contribution is 0.683. The quantitative estimate of drug-likeness (QED) is 0.769. The lowest BCUT2D eigenvalue weighted by Crippen LogP contribution is -2.25. The van der Waals surface area contributed by atoms with Crippen molar-refractivity contribution in [1.82, 2.24) is 10.6 Å². The second-order valence-electron chi connectivity index (χ2n) is 4.23. The first-order valence-corrected chi connectivity index (χ1v) is 6.34. The molecule has 0 aliphatic rings. The SMILES string of the molecule is C=C=C(NCc1ccccc1)NCc1ccccc1. The number of benzene rings is 2. The van der Waals surface area contributed by atoms with Crippen LogP contribution in [0.25, 0.3) is 0 Å². The highest BCUT2D eigenvalue weighted by atomic mass is 15.1. The van der Waals surface area contributed by atoms with Crippen LogP contribution in [0.4, 0.5) is 0 Å². The molecule has 2 nitrogen and oxygen atoms in total. The summed E-state index contributed by atoms with van der Waals surface area (Å²) < 4.78 is 0. The van der Waals surface area contributed by atoms with Crippen LogP contribution in [0.5, 0.6) is 0 Å². The first-order chi connectivity index (χ1) is 9.38. The van der Waals surface area contributed by atoms with Gasteiger partial charge in [-0.2, -0.15) is 0 Å². The van der Waals surface area contributed by atoms with Crippen LogP contribution in [-0.2, 0) is 13.1 Å². The van der Waals surface area contributed by atoms with E-state index in [4.69, 9.17) is 0 Å². The second-order valence-corrected chi connectivity index (χ2v) is 4.23. The van der Waals surface area contributed by atoms with Crippen molar-refractivity contribution in [1.29, 1.82) is 0 Å². The van der Waals surface area contributed by atoms with Crippen molar-refractivity contribution in [3.8, 4) is 0 Å². The highest BCUT2D eigenvalue weighted by molar-refractivity contribution is 5.17. The Morgan fingerprint density at radius 3 is 1.58 bits per heavy atom. The van der Waals surface area contributed by atoms with Crippen molar-refractivity contribution < 1.29 is 0 Å². The summed E-state index contributed by atoms with van der Waals surface area (Å²) in [5.41, 5.74) is 5.35. The normalized spacial score (nSPS) is 9.47. The molecule has 0 fully saturated rings. The number of hydrogen-bond donors (Lipinski definition) is 2. The Balaban J connectivity index is 1.83. The average Bonchev–Trinajstić information content (AvgIpc) is 2.49. The van der Waals surface area contributed by atoms with Gasteiger partial charge in [0.15, 0.2) is 0 Å². The van der Waals surface area contributed by atoms with Gasteiger partial charge in [0, 0.05) is 13.1 Å². The van der Waals surface area contributed by atoms with Crippen molar-refractivity contribution in [3.63, 3.8) is 0 Å². The maximum atomic E-state index is 3.70. The van der Waals surface area contributed by atoms with Gasteiger partial charge in [0.1, 0.15) is 5.82 Å². The molecule has 2 aromatic carbocycles. The van der Waals surface area contributed by atoms with Crippen LogP contribution in [0, 0.1) is 0 Å². The third-order valence-electron chi connectivity index (χ3n) is 2.80. The predicted octanol–water partition coefficient (Wildman–Crippen LogP) is 3.19. The predicted molar refractivity (Wildman–Crippen MR) is 79.2 cm³/mol. The summed E-state index contributed by atoms with van der Waals surface area (Å²) >= 11 is 0. The molecule has 0 aliphatic carbocycles. The lowest BCUT2D eigenvalue weighted by Gasteiger charge is -2.11. The Labute approximate surface area is 114 Å². The molecule has 0 radical (unpaired) electrons. The molecular weight excluding hydrogens is 232 g/mol. The Morgan fingerprint density at radius 1 is 0.789 bits per heavy atom. The minimum absolute atomic E-state index is 0.764. The van der Waals surface area contributed by atoms with Gasteiger partial charge in [-0.1, -0.05) is 73.0 Å². The molecule has 96 valence electrons. The average molecular weight is 250 g/mol. The third-order valence-corrected chi connectivity index (χ3v) is 2.80. The summed E-state index contributed by atoms with van der Waals surface area (Å²) in [5, 5.41) is 6.58. The minimum Gasteiger partial charge on any atom is -0.361 e. The molecule has 0 unspecified atom stereocenters. The highest BCUT2D eigenvalue weighted by Gasteiger charge is 1.96. The molecule has 2 aromatic rings. The third kappa shape index (κ3) is 4.38. The molecule has 0 heterocycles. The molecule has 0 bridgehead atoms. The Kier molecular flexibility index (Phi) is 4.86. The van der Waals surface area contributed by atoms with Gasteiger partial charge < -0.3 is 10.6 Å². The van der Waals surface area contributed by atoms with E-state index in [1.807, 2.05) is 36.4 Å². The van der Waals surface area contributed by atoms with E-state index in [1.165, 1.54) is 11.1 Å². The van der Waals surface area contributed by atoms with Gasteiger partial charge in [-0.25, -0.2) is 0 Å². The highest BCUT2D eigenvalue weighted by Crippen LogP contribution is 2.00. The molecular formula is C17H18N2. The maximum Gasteiger partial charge on any atom is 0.144 e. The zero-order valence-electron chi connectivity index (χ0n) is 10.9. The number of hydrogen-bond acceptors (Lipinski definition) is 2. The van der Waals surface area contributed by atoms with E-state index in [-0.39, 0.29) is 0 Å². The van der Waals surface area contributed by atoms with E-state index in [2.05, 4.69) is 47.2 Å². The lowest BCUT2D eigenvalue weighted by atomic mass is 10.2. The zero-order chi connectivity index (χ0) is 13.3. The van der Waals surface area contributed by atoms with Crippen LogP contribution < -0.4 is 10.6 Å². The standard InChI is InChI=1S/C17H18N2/c1-2-17(18-13-15-9-5-3-6-10-15)19-14-16-11-7-4-8-12-16/h3-12,18-19H,1,13-14H2. The van der Waals surface area contributed by atoms with Gasteiger partial charge in [-0.05, 0) is 11.1 Å². The van der Waals surface area contributed by atoms with E-state index < -0.39 is 0 Å². The molecule has 0 saturated heterocycles. The van der Waals surface area contributed by atoms with Crippen molar-refractivity contribution in [2.45, 2.75) is 13.1 Å². The fraction of sp³-hybridized carbons (Fsp3) is 0.118. The first kappa shape index (κ1) is 13.0. The van der Waals surface area contributed by atoms with Crippen LogP contribution >= 0.6 is 0 Å². The molecule has 2 rings (SSSR count). The largest absolute Gasteiger partial charge is 0.361 e. The summed E-state index contributed by atoms with van der Waals surface area (Å²) in [5.74, 6) is 0.827. The van der Waals surface area contributed by atoms with Gasteiger partial charge in [0.25, 0.3) is 0 Å². The van der Waals surface area contributed by atoms with Crippen LogP contribution in [0.1, 0.15) is 11.1 Å². The fourth-order valence-corrected chi connectivity index (χ4v) is 1.76. The molecule has 0 spiro atoms. The molecule has 0 saturated carbocycles. The molecule has 0 aromatic heterocycles. The van der Waals surface area contributed by atoms with Crippen molar-refractivity contribution >= 4 is 0 Å². The van der Waals surface area contributed by atoms with E-state index >= 15 is 0 Å². The van der Waals surface area contributed by atoms with E-state index in [0.29, 0.717) is 0 Å². The Morgan fingerprint density at radius 2 is 1.21 bits per heavy atom. The maximum absolute atomic E-state index is 3.70. The topological polar surface area (TPSA) is 24.1 Å². The summed E-state index contributed by atoms with van der Waals surface area (Å²) in [6, 6.07) is 20.5. The van der Waals surface area contributed by atoms with Gasteiger partial charge in [0.2, 0.25) is 0 Å². The minimum atomic E-state index is 0.764. The van der Waals surface area contributed by atoms with Gasteiger partial charge >= 0.3 is 0 Å². The number of nitrogens with one attached hydrogen (secondary N) is 2. The van der Waals surface area contributed by atoms with Crippen LogP contribution in [0.15, 0.2) is 78.8 Å². The van der Waals surface area contributed by atoms with Gasteiger partial charge in [0.05, 0.1) is 0 Å². The summed E-state index contributed by atoms with van der Waals surface area (Å²) in [4.78, 5) is 0. The van der Waals surface area contributed by atoms with Crippen molar-refractivity contribution in [3.05, 3.63) is 89.9 Å². The Hall–Kier alpha value is -2.44. The van der Waals surface area contributed by atoms with E-state index in [0.717, 1.165) is 18.9 Å². The molecule has 2 heteroatoms. The van der Waals surface area contributed by atoms with E-state index in [1.54, 1.807) is 0 Å². The number of rotatable bonds is 6. The van der Waals surface area contributed by atoms with Crippen molar-refractivity contribution in [2.75, 3.05) is 0 Å². The van der Waals surface area contributed by atoms with E-state index in [9.17, 15) is 0 Å². The molecule has 0 aliphatic heterocycles. The Bertz CT molecular complexity index is 494. The fourth-order valence-electron chi connectivity index (χ4n) is 1.76. The van der Waals surface area contributed by atoms with Crippen LogP contribution in [-0.4, -0.2) is 0 Å². The van der Waals surface area contributed by atoms with Crippen molar-refractivity contribution in [2.24, 2.45) is 0 Å². The van der Waals surface area contributed by atoms with Gasteiger partial charge in [-0.15, -0.1) is 0 Å². The monoisotopic (exact) mass is 250 g/mol. The zero-order valence-corrected chi connectivity index (χ0v) is 10.9. The van der Waals surface area contributed by atoms with Crippen LogP contribution in [0.2, 0.25) is 0 Å². The molecule has 0 atom stereocenters. The smallest absolute Gasteiger partial charge is 0.144 e. The summed E-state index contributed by atoms with van der Waals surface area (Å²) in [7, 11) is 0. The summed E-state index contributed by atoms with van der Waals surface area (Å²) in [6.07, 6.45) is 0. The summed E-state index contributed by atoms with van der Waals surface area (Å²) in [6.45, 7) is 5.23. The second kappa shape index (κ2) is 7.10. The van der Waals surface area contributed by atoms with Gasteiger partial charge in [-0.3, -0.25) is 0 Å². The van der Waals surface area contributed by atoms with Crippen LogP contribution in [0.3, 0.4) is 0 Å². The first-order valence-electron chi connectivity index (χ1n) is 6.34.